The highest BCUT2D eigenvalue weighted by Crippen LogP contribution is 2.03. The van der Waals surface area contributed by atoms with Crippen LogP contribution in [0.25, 0.3) is 0 Å². The van der Waals surface area contributed by atoms with Crippen LogP contribution in [0.3, 0.4) is 0 Å². The first-order valence-corrected chi connectivity index (χ1v) is 6.67. The number of nitrogens with two attached hydrogens (primary N) is 1. The Morgan fingerprint density at radius 2 is 1.78 bits per heavy atom. The molecule has 0 aromatic heterocycles. The van der Waals surface area contributed by atoms with Gasteiger partial charge in [0.15, 0.2) is 0 Å². The quantitative estimate of drug-likeness (QED) is 0.706. The van der Waals surface area contributed by atoms with Gasteiger partial charge in [0, 0.05) is 12.6 Å². The molecule has 2 amide bonds. The normalized spacial score (nSPS) is 14.2. The van der Waals surface area contributed by atoms with Gasteiger partial charge >= 0.3 is 0 Å². The van der Waals surface area contributed by atoms with Crippen LogP contribution in [0, 0.1) is 5.92 Å². The smallest absolute Gasteiger partial charge is 0.242 e. The highest BCUT2D eigenvalue weighted by Gasteiger charge is 2.20. The minimum absolute atomic E-state index is 0.0252. The lowest BCUT2D eigenvalue weighted by molar-refractivity contribution is -0.134. The van der Waals surface area contributed by atoms with Gasteiger partial charge in [0.05, 0.1) is 12.6 Å². The van der Waals surface area contributed by atoms with Crippen molar-refractivity contribution in [2.24, 2.45) is 11.7 Å². The zero-order valence-electron chi connectivity index (χ0n) is 12.2. The Bertz CT molecular complexity index is 279. The van der Waals surface area contributed by atoms with E-state index in [1.807, 2.05) is 34.6 Å². The Hall–Kier alpha value is -1.10. The predicted octanol–water partition coefficient (Wildman–Crippen LogP) is 0.733. The molecule has 18 heavy (non-hydrogen) atoms. The van der Waals surface area contributed by atoms with Crippen LogP contribution in [-0.4, -0.2) is 41.9 Å². The fourth-order valence-corrected chi connectivity index (χ4v) is 1.64. The van der Waals surface area contributed by atoms with Crippen molar-refractivity contribution in [1.82, 2.24) is 10.2 Å². The van der Waals surface area contributed by atoms with Crippen molar-refractivity contribution in [2.75, 3.05) is 13.1 Å². The molecule has 1 unspecified atom stereocenters. The fourth-order valence-electron chi connectivity index (χ4n) is 1.64. The van der Waals surface area contributed by atoms with Gasteiger partial charge in [-0.2, -0.15) is 0 Å². The van der Waals surface area contributed by atoms with Crippen LogP contribution < -0.4 is 11.1 Å². The SMILES string of the molecule is CCC(C)N(CC)C(=O)CNC(=O)[C@@H](N)C(C)C. The van der Waals surface area contributed by atoms with Gasteiger partial charge in [-0.05, 0) is 26.2 Å². The fraction of sp³-hybridized carbons (Fsp3) is 0.846. The monoisotopic (exact) mass is 257 g/mol. The minimum Gasteiger partial charge on any atom is -0.346 e. The van der Waals surface area contributed by atoms with Crippen molar-refractivity contribution in [2.45, 2.75) is 53.1 Å². The first kappa shape index (κ1) is 16.9. The summed E-state index contributed by atoms with van der Waals surface area (Å²) in [6.07, 6.45) is 0.902. The third-order valence-electron chi connectivity index (χ3n) is 3.22. The molecule has 0 fully saturated rings. The van der Waals surface area contributed by atoms with Crippen molar-refractivity contribution < 1.29 is 9.59 Å². The van der Waals surface area contributed by atoms with Crippen LogP contribution in [0.4, 0.5) is 0 Å². The van der Waals surface area contributed by atoms with Gasteiger partial charge in [-0.3, -0.25) is 9.59 Å². The van der Waals surface area contributed by atoms with E-state index in [1.165, 1.54) is 0 Å². The van der Waals surface area contributed by atoms with Gasteiger partial charge in [0.25, 0.3) is 0 Å². The van der Waals surface area contributed by atoms with Crippen molar-refractivity contribution in [1.29, 1.82) is 0 Å². The van der Waals surface area contributed by atoms with Crippen LogP contribution in [0.1, 0.15) is 41.0 Å². The minimum atomic E-state index is -0.559. The summed E-state index contributed by atoms with van der Waals surface area (Å²) in [5, 5.41) is 2.60. The summed E-state index contributed by atoms with van der Waals surface area (Å²) in [6, 6.07) is -0.366. The van der Waals surface area contributed by atoms with Gasteiger partial charge in [-0.15, -0.1) is 0 Å². The van der Waals surface area contributed by atoms with Crippen molar-refractivity contribution >= 4 is 11.8 Å². The molecule has 5 heteroatoms. The maximum atomic E-state index is 11.9. The Labute approximate surface area is 110 Å². The molecule has 0 saturated heterocycles. The molecule has 0 saturated carbocycles. The van der Waals surface area contributed by atoms with E-state index >= 15 is 0 Å². The molecule has 0 radical (unpaired) electrons. The number of nitrogens with one attached hydrogen (secondary N) is 1. The average molecular weight is 257 g/mol. The summed E-state index contributed by atoms with van der Waals surface area (Å²) in [5.41, 5.74) is 5.70. The summed E-state index contributed by atoms with van der Waals surface area (Å²) >= 11 is 0. The van der Waals surface area contributed by atoms with Gasteiger partial charge in [-0.1, -0.05) is 20.8 Å². The number of rotatable bonds is 7. The molecule has 0 aromatic rings. The van der Waals surface area contributed by atoms with E-state index in [1.54, 1.807) is 4.90 Å². The number of carbonyl (C=O) groups excluding carboxylic acids is 2. The highest BCUT2D eigenvalue weighted by molar-refractivity contribution is 5.87. The molecule has 0 aliphatic carbocycles. The van der Waals surface area contributed by atoms with Crippen LogP contribution in [0.2, 0.25) is 0 Å². The lowest BCUT2D eigenvalue weighted by atomic mass is 10.1. The van der Waals surface area contributed by atoms with E-state index < -0.39 is 6.04 Å². The zero-order valence-corrected chi connectivity index (χ0v) is 12.2. The van der Waals surface area contributed by atoms with E-state index in [0.717, 1.165) is 6.42 Å². The molecule has 2 atom stereocenters. The number of amides is 2. The summed E-state index contributed by atoms with van der Waals surface area (Å²) in [7, 11) is 0. The summed E-state index contributed by atoms with van der Waals surface area (Å²) in [6.45, 7) is 10.4. The summed E-state index contributed by atoms with van der Waals surface area (Å²) in [5.74, 6) is -0.258. The van der Waals surface area contributed by atoms with E-state index in [-0.39, 0.29) is 30.3 Å². The van der Waals surface area contributed by atoms with Crippen molar-refractivity contribution in [3.8, 4) is 0 Å². The van der Waals surface area contributed by atoms with Gasteiger partial charge in [-0.25, -0.2) is 0 Å². The molecule has 0 spiro atoms. The van der Waals surface area contributed by atoms with E-state index in [0.29, 0.717) is 6.54 Å². The second-order valence-corrected chi connectivity index (χ2v) is 4.92. The second-order valence-electron chi connectivity index (χ2n) is 4.92. The predicted molar refractivity (Wildman–Crippen MR) is 73.0 cm³/mol. The van der Waals surface area contributed by atoms with Crippen LogP contribution in [0.5, 0.6) is 0 Å². The molecule has 5 nitrogen and oxygen atoms in total. The Morgan fingerprint density at radius 3 is 2.17 bits per heavy atom. The van der Waals surface area contributed by atoms with Gasteiger partial charge in [0.1, 0.15) is 0 Å². The number of hydrogen-bond donors (Lipinski definition) is 2. The molecule has 0 bridgehead atoms. The summed E-state index contributed by atoms with van der Waals surface area (Å²) in [4.78, 5) is 25.3. The first-order valence-electron chi connectivity index (χ1n) is 6.67. The number of nitrogens with zero attached hydrogens (tertiary/aromatic N) is 1. The lowest BCUT2D eigenvalue weighted by Gasteiger charge is -2.27. The van der Waals surface area contributed by atoms with Crippen LogP contribution in [0.15, 0.2) is 0 Å². The Morgan fingerprint density at radius 1 is 1.22 bits per heavy atom. The van der Waals surface area contributed by atoms with Crippen molar-refractivity contribution in [3.05, 3.63) is 0 Å². The molecule has 3 N–H and O–H groups in total. The molecule has 0 aliphatic rings. The third-order valence-corrected chi connectivity index (χ3v) is 3.22. The topological polar surface area (TPSA) is 75.4 Å². The van der Waals surface area contributed by atoms with Crippen LogP contribution >= 0.6 is 0 Å². The third kappa shape index (κ3) is 5.04. The first-order chi connectivity index (χ1) is 8.34. The average Bonchev–Trinajstić information content (AvgIpc) is 2.35. The zero-order chi connectivity index (χ0) is 14.3. The number of carbonyl (C=O) groups is 2. The van der Waals surface area contributed by atoms with Gasteiger partial charge < -0.3 is 16.0 Å². The van der Waals surface area contributed by atoms with E-state index in [2.05, 4.69) is 5.32 Å². The number of hydrogen-bond acceptors (Lipinski definition) is 3. The lowest BCUT2D eigenvalue weighted by Crippen LogP contribution is -2.49. The molecular formula is C13H27N3O2. The largest absolute Gasteiger partial charge is 0.346 e. The highest BCUT2D eigenvalue weighted by atomic mass is 16.2. The van der Waals surface area contributed by atoms with E-state index in [9.17, 15) is 9.59 Å². The molecule has 0 heterocycles. The second kappa shape index (κ2) is 8.08. The molecule has 0 aromatic carbocycles. The van der Waals surface area contributed by atoms with Crippen LogP contribution in [-0.2, 0) is 9.59 Å². The maximum absolute atomic E-state index is 11.9. The number of likely N-dealkylation sites (N-methyl/N-ethyl adjacent to an activating group) is 1. The van der Waals surface area contributed by atoms with Gasteiger partial charge in [0.2, 0.25) is 11.8 Å². The maximum Gasteiger partial charge on any atom is 0.242 e. The molecule has 0 aliphatic heterocycles. The standard InChI is InChI=1S/C13H27N3O2/c1-6-10(5)16(7-2)11(17)8-15-13(18)12(14)9(3)4/h9-10,12H,6-8,14H2,1-5H3,(H,15,18)/t10?,12-/m0/s1. The molecule has 0 rings (SSSR count). The van der Waals surface area contributed by atoms with E-state index in [4.69, 9.17) is 5.73 Å². The Balaban J connectivity index is 4.28. The summed E-state index contributed by atoms with van der Waals surface area (Å²) < 4.78 is 0. The Kier molecular flexibility index (Phi) is 7.59. The molecular weight excluding hydrogens is 230 g/mol. The van der Waals surface area contributed by atoms with Crippen molar-refractivity contribution in [3.63, 3.8) is 0 Å². The molecule has 106 valence electrons.